The van der Waals surface area contributed by atoms with E-state index in [2.05, 4.69) is 11.4 Å². The van der Waals surface area contributed by atoms with Gasteiger partial charge in [0.2, 0.25) is 0 Å². The largest absolute Gasteiger partial charge is 0.479 e. The highest BCUT2D eigenvalue weighted by atomic mass is 16.5. The molecule has 5 nitrogen and oxygen atoms in total. The summed E-state index contributed by atoms with van der Waals surface area (Å²) in [5, 5.41) is 12.2. The summed E-state index contributed by atoms with van der Waals surface area (Å²) in [6.07, 6.45) is -0.685. The fraction of sp³-hybridized carbons (Fsp3) is 0.259. The van der Waals surface area contributed by atoms with Crippen molar-refractivity contribution in [1.82, 2.24) is 5.32 Å². The zero-order chi connectivity index (χ0) is 22.8. The number of benzene rings is 3. The number of nitriles is 1. The van der Waals surface area contributed by atoms with Gasteiger partial charge in [-0.3, -0.25) is 4.79 Å². The molecule has 5 heteroatoms. The molecule has 0 bridgehead atoms. The van der Waals surface area contributed by atoms with Crippen molar-refractivity contribution in [3.8, 4) is 11.8 Å². The van der Waals surface area contributed by atoms with E-state index in [1.165, 1.54) is 0 Å². The highest BCUT2D eigenvalue weighted by molar-refractivity contribution is 5.81. The van der Waals surface area contributed by atoms with E-state index in [1.807, 2.05) is 68.4 Å². The Morgan fingerprint density at radius 2 is 1.47 bits per heavy atom. The first-order valence-corrected chi connectivity index (χ1v) is 10.7. The third kappa shape index (κ3) is 6.69. The highest BCUT2D eigenvalue weighted by Crippen LogP contribution is 2.21. The number of nitrogens with zero attached hydrogens (tertiary/aromatic N) is 1. The number of rotatable bonds is 10. The summed E-state index contributed by atoms with van der Waals surface area (Å²) in [5.41, 5.74) is 3.62. The number of hydrogen-bond acceptors (Lipinski definition) is 4. The molecule has 0 saturated heterocycles. The average molecular weight is 429 g/mol. The fourth-order valence-corrected chi connectivity index (χ4v) is 3.19. The zero-order valence-electron chi connectivity index (χ0n) is 18.5. The van der Waals surface area contributed by atoms with E-state index in [1.54, 1.807) is 24.3 Å². The van der Waals surface area contributed by atoms with Gasteiger partial charge in [0.15, 0.2) is 6.10 Å². The Morgan fingerprint density at radius 1 is 0.875 bits per heavy atom. The van der Waals surface area contributed by atoms with Gasteiger partial charge in [-0.15, -0.1) is 0 Å². The number of para-hydroxylation sites is 1. The summed E-state index contributed by atoms with van der Waals surface area (Å²) < 4.78 is 11.7. The number of carbonyl (C=O) groups is 1. The average Bonchev–Trinajstić information content (AvgIpc) is 2.82. The van der Waals surface area contributed by atoms with Crippen LogP contribution in [0.5, 0.6) is 5.75 Å². The molecule has 1 N–H and O–H groups in total. The van der Waals surface area contributed by atoms with E-state index in [9.17, 15) is 10.1 Å². The molecule has 1 atom stereocenters. The molecule has 0 aliphatic carbocycles. The van der Waals surface area contributed by atoms with Crippen LogP contribution in [0.15, 0.2) is 78.9 Å². The van der Waals surface area contributed by atoms with Crippen molar-refractivity contribution >= 4 is 5.91 Å². The summed E-state index contributed by atoms with van der Waals surface area (Å²) in [7, 11) is 0. The molecule has 0 radical (unpaired) electrons. The van der Waals surface area contributed by atoms with Crippen molar-refractivity contribution < 1.29 is 14.3 Å². The van der Waals surface area contributed by atoms with E-state index in [-0.39, 0.29) is 11.8 Å². The van der Waals surface area contributed by atoms with E-state index >= 15 is 0 Å². The third-order valence-electron chi connectivity index (χ3n) is 5.00. The molecule has 0 aromatic heterocycles. The van der Waals surface area contributed by atoms with E-state index in [4.69, 9.17) is 9.47 Å². The molecule has 0 fully saturated rings. The maximum Gasteiger partial charge on any atom is 0.261 e. The third-order valence-corrected chi connectivity index (χ3v) is 5.00. The number of ether oxygens (including phenoxy) is 2. The molecule has 0 spiro atoms. The minimum absolute atomic E-state index is 0.0501. The van der Waals surface area contributed by atoms with Gasteiger partial charge in [-0.25, -0.2) is 0 Å². The fourth-order valence-electron chi connectivity index (χ4n) is 3.19. The lowest BCUT2D eigenvalue weighted by Gasteiger charge is -2.22. The van der Waals surface area contributed by atoms with Gasteiger partial charge in [-0.2, -0.15) is 5.26 Å². The Morgan fingerprint density at radius 3 is 2.12 bits per heavy atom. The van der Waals surface area contributed by atoms with Gasteiger partial charge in [0.1, 0.15) is 11.8 Å². The smallest absolute Gasteiger partial charge is 0.261 e. The minimum Gasteiger partial charge on any atom is -0.479 e. The van der Waals surface area contributed by atoms with Crippen molar-refractivity contribution in [2.75, 3.05) is 0 Å². The number of nitrogens with one attached hydrogen (secondary N) is 1. The second kappa shape index (κ2) is 11.7. The predicted octanol–water partition coefficient (Wildman–Crippen LogP) is 4.99. The quantitative estimate of drug-likeness (QED) is 0.494. The van der Waals surface area contributed by atoms with Gasteiger partial charge in [0.25, 0.3) is 5.91 Å². The Labute approximate surface area is 189 Å². The van der Waals surface area contributed by atoms with Crippen LogP contribution in [0.3, 0.4) is 0 Å². The van der Waals surface area contributed by atoms with Crippen molar-refractivity contribution in [2.45, 2.75) is 39.7 Å². The lowest BCUT2D eigenvalue weighted by atomic mass is 10.1. The van der Waals surface area contributed by atoms with Gasteiger partial charge in [-0.05, 0) is 34.7 Å². The molecule has 1 amide bonds. The van der Waals surface area contributed by atoms with Crippen LogP contribution < -0.4 is 10.1 Å². The number of carbonyl (C=O) groups excluding carboxylic acids is 1. The maximum atomic E-state index is 12.8. The van der Waals surface area contributed by atoms with E-state index in [0.29, 0.717) is 31.1 Å². The second-order valence-corrected chi connectivity index (χ2v) is 7.90. The van der Waals surface area contributed by atoms with E-state index < -0.39 is 6.10 Å². The molecule has 0 aliphatic heterocycles. The molecule has 164 valence electrons. The van der Waals surface area contributed by atoms with Crippen LogP contribution in [0, 0.1) is 17.2 Å². The first kappa shape index (κ1) is 23.1. The standard InChI is InChI=1S/C27H28N2O3/c1-20(2)26(32-25-11-7-6-10-24(25)16-28)27(30)29-17-21-12-14-23(15-13-21)19-31-18-22-8-4-3-5-9-22/h3-15,20,26H,17-19H2,1-2H3,(H,29,30). The summed E-state index contributed by atoms with van der Waals surface area (Å²) in [5.74, 6) is 0.164. The summed E-state index contributed by atoms with van der Waals surface area (Å²) >= 11 is 0. The van der Waals surface area contributed by atoms with E-state index in [0.717, 1.165) is 16.7 Å². The van der Waals surface area contributed by atoms with Crippen LogP contribution in [0.1, 0.15) is 36.1 Å². The molecule has 3 rings (SSSR count). The highest BCUT2D eigenvalue weighted by Gasteiger charge is 2.25. The van der Waals surface area contributed by atoms with Crippen LogP contribution in [-0.4, -0.2) is 12.0 Å². The van der Waals surface area contributed by atoms with Crippen molar-refractivity contribution in [1.29, 1.82) is 5.26 Å². The van der Waals surface area contributed by atoms with Gasteiger partial charge in [-0.1, -0.05) is 80.6 Å². The first-order valence-electron chi connectivity index (χ1n) is 10.7. The van der Waals surface area contributed by atoms with Crippen molar-refractivity contribution in [2.24, 2.45) is 5.92 Å². The molecular weight excluding hydrogens is 400 g/mol. The molecule has 32 heavy (non-hydrogen) atoms. The summed E-state index contributed by atoms with van der Waals surface area (Å²) in [6.45, 7) is 5.34. The first-order chi connectivity index (χ1) is 15.6. The van der Waals surface area contributed by atoms with Crippen LogP contribution in [0.2, 0.25) is 0 Å². The number of hydrogen-bond donors (Lipinski definition) is 1. The molecule has 0 heterocycles. The Hall–Kier alpha value is -3.62. The molecular formula is C27H28N2O3. The normalized spacial score (nSPS) is 11.6. The van der Waals surface area contributed by atoms with Crippen LogP contribution >= 0.6 is 0 Å². The molecule has 3 aromatic rings. The molecule has 3 aromatic carbocycles. The summed E-state index contributed by atoms with van der Waals surface area (Å²) in [6, 6.07) is 27.1. The summed E-state index contributed by atoms with van der Waals surface area (Å²) in [4.78, 5) is 12.8. The zero-order valence-corrected chi connectivity index (χ0v) is 18.5. The molecule has 0 aliphatic rings. The lowest BCUT2D eigenvalue weighted by Crippen LogP contribution is -2.41. The van der Waals surface area contributed by atoms with Gasteiger partial charge in [0.05, 0.1) is 18.8 Å². The monoisotopic (exact) mass is 428 g/mol. The second-order valence-electron chi connectivity index (χ2n) is 7.90. The number of amides is 1. The van der Waals surface area contributed by atoms with Crippen LogP contribution in [-0.2, 0) is 29.3 Å². The minimum atomic E-state index is -0.685. The van der Waals surface area contributed by atoms with Crippen molar-refractivity contribution in [3.63, 3.8) is 0 Å². The van der Waals surface area contributed by atoms with Crippen LogP contribution in [0.4, 0.5) is 0 Å². The SMILES string of the molecule is CC(C)C(Oc1ccccc1C#N)C(=O)NCc1ccc(COCc2ccccc2)cc1. The van der Waals surface area contributed by atoms with Gasteiger partial charge < -0.3 is 14.8 Å². The van der Waals surface area contributed by atoms with Crippen molar-refractivity contribution in [3.05, 3.63) is 101 Å². The topological polar surface area (TPSA) is 71.3 Å². The molecule has 0 saturated carbocycles. The Bertz CT molecular complexity index is 1040. The Kier molecular flexibility index (Phi) is 8.42. The molecule has 1 unspecified atom stereocenters. The maximum absolute atomic E-state index is 12.8. The van der Waals surface area contributed by atoms with Gasteiger partial charge in [0, 0.05) is 6.54 Å². The predicted molar refractivity (Wildman–Crippen MR) is 124 cm³/mol. The Balaban J connectivity index is 1.51. The van der Waals surface area contributed by atoms with Crippen LogP contribution in [0.25, 0.3) is 0 Å². The van der Waals surface area contributed by atoms with Gasteiger partial charge >= 0.3 is 0 Å². The lowest BCUT2D eigenvalue weighted by molar-refractivity contribution is -0.130.